The molecule has 0 unspecified atom stereocenters. The van der Waals surface area contributed by atoms with Crippen LogP contribution in [0.15, 0.2) is 47.2 Å². The summed E-state index contributed by atoms with van der Waals surface area (Å²) in [6.07, 6.45) is 3.76. The van der Waals surface area contributed by atoms with Gasteiger partial charge in [-0.3, -0.25) is 0 Å². The third-order valence-electron chi connectivity index (χ3n) is 4.39. The number of aryl methyl sites for hydroxylation is 2. The van der Waals surface area contributed by atoms with Gasteiger partial charge in [-0.05, 0) is 83.2 Å². The lowest BCUT2D eigenvalue weighted by Gasteiger charge is -1.95. The van der Waals surface area contributed by atoms with Crippen molar-refractivity contribution in [3.8, 4) is 21.4 Å². The van der Waals surface area contributed by atoms with Gasteiger partial charge in [-0.1, -0.05) is 0 Å². The summed E-state index contributed by atoms with van der Waals surface area (Å²) < 4.78 is 9.31. The van der Waals surface area contributed by atoms with Gasteiger partial charge in [0, 0.05) is 55.9 Å². The molecule has 0 saturated carbocycles. The van der Waals surface area contributed by atoms with Crippen molar-refractivity contribution in [3.05, 3.63) is 58.8 Å². The lowest BCUT2D eigenvalue weighted by Crippen LogP contribution is -1.83. The molecule has 0 fully saturated rings. The molecule has 6 rings (SSSR count). The zero-order valence-corrected chi connectivity index (χ0v) is 23.6. The van der Waals surface area contributed by atoms with Gasteiger partial charge in [0.1, 0.15) is 34.3 Å². The zero-order chi connectivity index (χ0) is 23.4. The van der Waals surface area contributed by atoms with Crippen LogP contribution in [-0.2, 0) is 0 Å². The van der Waals surface area contributed by atoms with Crippen LogP contribution in [0.25, 0.3) is 43.5 Å². The van der Waals surface area contributed by atoms with Gasteiger partial charge in [0.25, 0.3) is 0 Å². The molecular formula is C20H15Br3N8S2. The van der Waals surface area contributed by atoms with Gasteiger partial charge in [-0.25, -0.2) is 19.9 Å². The number of halogens is 3. The van der Waals surface area contributed by atoms with E-state index in [1.165, 1.54) is 23.1 Å². The van der Waals surface area contributed by atoms with E-state index in [9.17, 15) is 0 Å². The van der Waals surface area contributed by atoms with Gasteiger partial charge >= 0.3 is 0 Å². The lowest BCUT2D eigenvalue weighted by atomic mass is 10.3. The number of H-pyrrole nitrogens is 2. The first-order valence-electron chi connectivity index (χ1n) is 9.40. The Morgan fingerprint density at radius 2 is 1.33 bits per heavy atom. The van der Waals surface area contributed by atoms with E-state index >= 15 is 0 Å². The number of rotatable bonds is 2. The summed E-state index contributed by atoms with van der Waals surface area (Å²) in [6.45, 7) is 3.76. The van der Waals surface area contributed by atoms with E-state index in [0.717, 1.165) is 59.6 Å². The van der Waals surface area contributed by atoms with Gasteiger partial charge < -0.3 is 9.97 Å². The highest BCUT2D eigenvalue weighted by Gasteiger charge is 2.09. The zero-order valence-electron chi connectivity index (χ0n) is 17.2. The molecule has 2 N–H and O–H groups in total. The van der Waals surface area contributed by atoms with Crippen molar-refractivity contribution in [2.24, 2.45) is 0 Å². The topological polar surface area (TPSA) is 109 Å². The Balaban J connectivity index is 0.000000147. The standard InChI is InChI=1S/C10H7BrN4S.C10H8N4S.Br2/c1-5-13-10(16-15-5)8-3-2-6-7(11)4-12-9(6)14-8;1-6-12-10(15-14-6)8-3-2-7-4-5-11-9(7)13-8;1-2/h2-4H,1H3,(H,12,14);2-5H,1H3,(H,11,13);. The Morgan fingerprint density at radius 3 is 1.94 bits per heavy atom. The molecular weight excluding hydrogens is 656 g/mol. The summed E-state index contributed by atoms with van der Waals surface area (Å²) in [5.74, 6) is 1.58. The number of nitrogens with one attached hydrogen (secondary N) is 2. The fourth-order valence-electron chi connectivity index (χ4n) is 2.94. The van der Waals surface area contributed by atoms with Crippen molar-refractivity contribution in [2.75, 3.05) is 0 Å². The van der Waals surface area contributed by atoms with Gasteiger partial charge in [0.2, 0.25) is 0 Å². The summed E-state index contributed by atoms with van der Waals surface area (Å²) in [7, 11) is 0. The Hall–Kier alpha value is -2.06. The molecule has 0 radical (unpaired) electrons. The van der Waals surface area contributed by atoms with E-state index in [-0.39, 0.29) is 0 Å². The average Bonchev–Trinajstić information content (AvgIpc) is 3.63. The smallest absolute Gasteiger partial charge is 0.162 e. The average molecular weight is 671 g/mol. The molecule has 0 aliphatic rings. The van der Waals surface area contributed by atoms with Crippen molar-refractivity contribution in [2.45, 2.75) is 13.8 Å². The largest absolute Gasteiger partial charge is 0.346 e. The van der Waals surface area contributed by atoms with Gasteiger partial charge in [0.05, 0.1) is 0 Å². The lowest BCUT2D eigenvalue weighted by molar-refractivity contribution is 1.16. The van der Waals surface area contributed by atoms with Crippen molar-refractivity contribution in [1.29, 1.82) is 0 Å². The minimum atomic E-state index is 0.787. The highest BCUT2D eigenvalue weighted by Crippen LogP contribution is 2.26. The molecule has 0 aliphatic carbocycles. The Labute approximate surface area is 220 Å². The molecule has 6 aromatic rings. The fourth-order valence-corrected chi connectivity index (χ4v) is 4.66. The van der Waals surface area contributed by atoms with Crippen LogP contribution in [0.5, 0.6) is 0 Å². The number of nitrogens with zero attached hydrogens (tertiary/aromatic N) is 6. The molecule has 0 amide bonds. The fraction of sp³-hybridized carbons (Fsp3) is 0.100. The summed E-state index contributed by atoms with van der Waals surface area (Å²) >= 11 is 11.7. The predicted octanol–water partition coefficient (Wildman–Crippen LogP) is 7.23. The number of aromatic nitrogens is 8. The normalized spacial score (nSPS) is 10.6. The molecule has 0 aliphatic heterocycles. The molecule has 0 atom stereocenters. The molecule has 8 nitrogen and oxygen atoms in total. The number of fused-ring (bicyclic) bond motifs is 2. The summed E-state index contributed by atoms with van der Waals surface area (Å²) in [5, 5.41) is 3.90. The van der Waals surface area contributed by atoms with E-state index in [0.29, 0.717) is 0 Å². The first-order valence-corrected chi connectivity index (χ1v) is 15.5. The van der Waals surface area contributed by atoms with Crippen LogP contribution in [0.2, 0.25) is 0 Å². The Kier molecular flexibility index (Phi) is 7.96. The van der Waals surface area contributed by atoms with Crippen LogP contribution in [0, 0.1) is 13.8 Å². The Bertz CT molecular complexity index is 1500. The summed E-state index contributed by atoms with van der Waals surface area (Å²) in [5.41, 5.74) is 3.47. The van der Waals surface area contributed by atoms with E-state index in [2.05, 4.69) is 82.8 Å². The minimum Gasteiger partial charge on any atom is -0.346 e. The first-order chi connectivity index (χ1) is 16.1. The SMILES string of the molecule is BrBr.Cc1nsc(-c2ccc3c(Br)c[nH]c3n2)n1.Cc1nsc(-c2ccc3cc[nH]c3n2)n1. The second kappa shape index (κ2) is 10.9. The van der Waals surface area contributed by atoms with E-state index in [1.54, 1.807) is 0 Å². The molecule has 13 heteroatoms. The molecule has 0 aromatic carbocycles. The third kappa shape index (κ3) is 5.54. The third-order valence-corrected chi connectivity index (χ3v) is 6.70. The minimum absolute atomic E-state index is 0.787. The Morgan fingerprint density at radius 1 is 0.727 bits per heavy atom. The van der Waals surface area contributed by atoms with Crippen molar-refractivity contribution < 1.29 is 0 Å². The van der Waals surface area contributed by atoms with Gasteiger partial charge in [0.15, 0.2) is 10.0 Å². The molecule has 6 aromatic heterocycles. The number of hydrogen-bond donors (Lipinski definition) is 2. The monoisotopic (exact) mass is 668 g/mol. The van der Waals surface area contributed by atoms with E-state index < -0.39 is 0 Å². The predicted molar refractivity (Wildman–Crippen MR) is 145 cm³/mol. The van der Waals surface area contributed by atoms with Crippen molar-refractivity contribution >= 4 is 89.3 Å². The van der Waals surface area contributed by atoms with Crippen LogP contribution in [0.3, 0.4) is 0 Å². The van der Waals surface area contributed by atoms with Gasteiger partial charge in [-0.2, -0.15) is 8.75 Å². The van der Waals surface area contributed by atoms with Crippen LogP contribution >= 0.6 is 67.3 Å². The number of hydrogen-bond acceptors (Lipinski definition) is 8. The van der Waals surface area contributed by atoms with Crippen molar-refractivity contribution in [3.63, 3.8) is 0 Å². The van der Waals surface area contributed by atoms with Crippen LogP contribution in [0.4, 0.5) is 0 Å². The quantitative estimate of drug-likeness (QED) is 0.201. The second-order valence-corrected chi connectivity index (χ2v) is 8.99. The molecule has 0 bridgehead atoms. The van der Waals surface area contributed by atoms with Crippen molar-refractivity contribution in [1.82, 2.24) is 38.7 Å². The maximum absolute atomic E-state index is 4.50. The maximum atomic E-state index is 4.50. The number of aromatic amines is 2. The molecule has 168 valence electrons. The molecule has 0 saturated heterocycles. The van der Waals surface area contributed by atoms with Gasteiger partial charge in [-0.15, -0.1) is 0 Å². The van der Waals surface area contributed by atoms with E-state index in [1.807, 2.05) is 56.6 Å². The highest BCUT2D eigenvalue weighted by atomic mass is 80.9. The molecule has 0 spiro atoms. The molecule has 6 heterocycles. The van der Waals surface area contributed by atoms with Crippen LogP contribution < -0.4 is 0 Å². The number of pyridine rings is 2. The maximum Gasteiger partial charge on any atom is 0.162 e. The van der Waals surface area contributed by atoms with E-state index in [4.69, 9.17) is 0 Å². The molecule has 33 heavy (non-hydrogen) atoms. The summed E-state index contributed by atoms with van der Waals surface area (Å²) in [6, 6.07) is 9.98. The second-order valence-electron chi connectivity index (χ2n) is 6.63. The highest BCUT2D eigenvalue weighted by molar-refractivity contribution is 9.93. The summed E-state index contributed by atoms with van der Waals surface area (Å²) in [4.78, 5) is 23.8. The van der Waals surface area contributed by atoms with Crippen LogP contribution in [0.1, 0.15) is 11.6 Å². The van der Waals surface area contributed by atoms with Crippen LogP contribution in [-0.4, -0.2) is 38.7 Å². The first kappa shape index (κ1) is 24.1.